The number of hydrogen-bond donors (Lipinski definition) is 0. The lowest BCUT2D eigenvalue weighted by Gasteiger charge is -2.38. The minimum Gasteiger partial charge on any atom is -0.370 e. The Morgan fingerprint density at radius 3 is 3.05 bits per heavy atom. The van der Waals surface area contributed by atoms with E-state index in [0.717, 1.165) is 29.7 Å². The van der Waals surface area contributed by atoms with Gasteiger partial charge < -0.3 is 9.64 Å². The van der Waals surface area contributed by atoms with Gasteiger partial charge >= 0.3 is 0 Å². The molecule has 2 atom stereocenters. The zero-order chi connectivity index (χ0) is 14.8. The van der Waals surface area contributed by atoms with Gasteiger partial charge in [-0.2, -0.15) is 5.26 Å². The van der Waals surface area contributed by atoms with Gasteiger partial charge in [-0.3, -0.25) is 4.98 Å². The van der Waals surface area contributed by atoms with E-state index in [4.69, 9.17) is 16.3 Å². The first kappa shape index (κ1) is 14.1. The average Bonchev–Trinajstić information content (AvgIpc) is 2.53. The van der Waals surface area contributed by atoms with Crippen LogP contribution in [0.25, 0.3) is 10.9 Å². The summed E-state index contributed by atoms with van der Waals surface area (Å²) in [7, 11) is 0. The predicted octanol–water partition coefficient (Wildman–Crippen LogP) is 2.94. The molecular weight excluding hydrogens is 286 g/mol. The molecule has 2 aromatic rings. The van der Waals surface area contributed by atoms with Crippen LogP contribution in [-0.4, -0.2) is 36.2 Å². The molecule has 1 aliphatic rings. The largest absolute Gasteiger partial charge is 0.370 e. The number of hydrogen-bond acceptors (Lipinski definition) is 4. The Morgan fingerprint density at radius 1 is 1.43 bits per heavy atom. The summed E-state index contributed by atoms with van der Waals surface area (Å²) in [4.78, 5) is 6.63. The lowest BCUT2D eigenvalue weighted by molar-refractivity contribution is -0.00324. The molecule has 0 spiro atoms. The smallest absolute Gasteiger partial charge is 0.101 e. The molecule has 0 bridgehead atoms. The van der Waals surface area contributed by atoms with E-state index in [9.17, 15) is 5.26 Å². The average molecular weight is 302 g/mol. The fourth-order valence-corrected chi connectivity index (χ4v) is 3.02. The molecule has 108 valence electrons. The van der Waals surface area contributed by atoms with Crippen molar-refractivity contribution in [1.82, 2.24) is 4.98 Å². The van der Waals surface area contributed by atoms with E-state index in [2.05, 4.69) is 22.9 Å². The van der Waals surface area contributed by atoms with Crippen molar-refractivity contribution in [3.05, 3.63) is 36.0 Å². The summed E-state index contributed by atoms with van der Waals surface area (Å²) in [5.74, 6) is 0.479. The minimum absolute atomic E-state index is 0.0257. The Morgan fingerprint density at radius 2 is 2.29 bits per heavy atom. The van der Waals surface area contributed by atoms with Crippen LogP contribution in [0, 0.1) is 11.3 Å². The van der Waals surface area contributed by atoms with Gasteiger partial charge in [-0.15, -0.1) is 11.6 Å². The molecule has 3 rings (SSSR count). The molecule has 2 heterocycles. The van der Waals surface area contributed by atoms with Crippen LogP contribution in [0.15, 0.2) is 30.5 Å². The molecule has 0 radical (unpaired) electrons. The number of anilines is 1. The van der Waals surface area contributed by atoms with Crippen LogP contribution in [0.1, 0.15) is 12.5 Å². The second-order valence-electron chi connectivity index (χ2n) is 5.27. The van der Waals surface area contributed by atoms with Crippen molar-refractivity contribution >= 4 is 28.2 Å². The van der Waals surface area contributed by atoms with Gasteiger partial charge in [0.1, 0.15) is 6.07 Å². The first-order valence-corrected chi connectivity index (χ1v) is 7.50. The lowest BCUT2D eigenvalue weighted by atomic mass is 10.1. The van der Waals surface area contributed by atoms with Crippen molar-refractivity contribution in [3.8, 4) is 6.07 Å². The Hall–Kier alpha value is -1.83. The summed E-state index contributed by atoms with van der Waals surface area (Å²) in [5, 5.41) is 10.2. The van der Waals surface area contributed by atoms with E-state index in [1.165, 1.54) is 0 Å². The molecule has 1 aromatic carbocycles. The molecule has 21 heavy (non-hydrogen) atoms. The molecule has 1 aromatic heterocycles. The maximum atomic E-state index is 9.22. The molecule has 1 fully saturated rings. The Balaban J connectivity index is 2.07. The Bertz CT molecular complexity index is 697. The van der Waals surface area contributed by atoms with E-state index in [1.807, 2.05) is 24.3 Å². The van der Waals surface area contributed by atoms with Crippen LogP contribution < -0.4 is 4.90 Å². The third-order valence-corrected chi connectivity index (χ3v) is 4.05. The van der Waals surface area contributed by atoms with Crippen molar-refractivity contribution in [2.45, 2.75) is 19.1 Å². The molecule has 4 nitrogen and oxygen atoms in total. The third kappa shape index (κ3) is 2.67. The van der Waals surface area contributed by atoms with Crippen molar-refractivity contribution in [2.75, 3.05) is 23.9 Å². The molecular formula is C16H16ClN3O. The molecule has 0 unspecified atom stereocenters. The standard InChI is InChI=1S/C16H16ClN3O/c1-11-9-20(10-13(7-17)21-11)15-5-4-12(8-18)16-14(15)3-2-6-19-16/h2-6,11,13H,7,9-10H2,1H3/t11-,13+/m1/s1. The van der Waals surface area contributed by atoms with E-state index in [0.29, 0.717) is 11.4 Å². The van der Waals surface area contributed by atoms with Gasteiger partial charge in [-0.1, -0.05) is 0 Å². The second-order valence-corrected chi connectivity index (χ2v) is 5.58. The highest BCUT2D eigenvalue weighted by atomic mass is 35.5. The van der Waals surface area contributed by atoms with Crippen molar-refractivity contribution in [3.63, 3.8) is 0 Å². The quantitative estimate of drug-likeness (QED) is 0.800. The zero-order valence-corrected chi connectivity index (χ0v) is 12.5. The monoisotopic (exact) mass is 301 g/mol. The molecule has 0 N–H and O–H groups in total. The van der Waals surface area contributed by atoms with Crippen molar-refractivity contribution < 1.29 is 4.74 Å². The number of benzene rings is 1. The summed E-state index contributed by atoms with van der Waals surface area (Å²) in [6, 6.07) is 9.93. The normalized spacial score (nSPS) is 22.2. The molecule has 0 amide bonds. The van der Waals surface area contributed by atoms with Gasteiger partial charge in [-0.25, -0.2) is 0 Å². The SMILES string of the molecule is C[C@@H]1CN(c2ccc(C#N)c3ncccc23)C[C@H](CCl)O1. The fourth-order valence-electron chi connectivity index (χ4n) is 2.85. The van der Waals surface area contributed by atoms with Crippen LogP contribution in [0.5, 0.6) is 0 Å². The maximum Gasteiger partial charge on any atom is 0.101 e. The van der Waals surface area contributed by atoms with Crippen LogP contribution >= 0.6 is 11.6 Å². The van der Waals surface area contributed by atoms with Gasteiger partial charge in [0.2, 0.25) is 0 Å². The van der Waals surface area contributed by atoms with Crippen molar-refractivity contribution in [2.24, 2.45) is 0 Å². The van der Waals surface area contributed by atoms with Crippen molar-refractivity contribution in [1.29, 1.82) is 5.26 Å². The predicted molar refractivity (Wildman–Crippen MR) is 83.7 cm³/mol. The third-order valence-electron chi connectivity index (χ3n) is 3.71. The number of nitrogens with zero attached hydrogens (tertiary/aromatic N) is 3. The van der Waals surface area contributed by atoms with Gasteiger partial charge in [0.15, 0.2) is 0 Å². The number of halogens is 1. The minimum atomic E-state index is 0.0257. The van der Waals surface area contributed by atoms with Gasteiger partial charge in [-0.05, 0) is 31.2 Å². The number of fused-ring (bicyclic) bond motifs is 1. The molecule has 0 saturated carbocycles. The lowest BCUT2D eigenvalue weighted by Crippen LogP contribution is -2.47. The van der Waals surface area contributed by atoms with Gasteiger partial charge in [0, 0.05) is 30.4 Å². The summed E-state index contributed by atoms with van der Waals surface area (Å²) in [6.45, 7) is 3.61. The summed E-state index contributed by atoms with van der Waals surface area (Å²) in [6.07, 6.45) is 1.87. The number of aromatic nitrogens is 1. The summed E-state index contributed by atoms with van der Waals surface area (Å²) < 4.78 is 5.80. The maximum absolute atomic E-state index is 9.22. The van der Waals surface area contributed by atoms with E-state index < -0.39 is 0 Å². The van der Waals surface area contributed by atoms with Gasteiger partial charge in [0.25, 0.3) is 0 Å². The highest BCUT2D eigenvalue weighted by molar-refractivity contribution is 6.18. The summed E-state index contributed by atoms with van der Waals surface area (Å²) >= 11 is 5.96. The Labute approximate surface area is 128 Å². The highest BCUT2D eigenvalue weighted by Crippen LogP contribution is 2.30. The van der Waals surface area contributed by atoms with Crippen LogP contribution in [0.3, 0.4) is 0 Å². The zero-order valence-electron chi connectivity index (χ0n) is 11.8. The molecule has 0 aliphatic carbocycles. The second kappa shape index (κ2) is 5.88. The van der Waals surface area contributed by atoms with Crippen LogP contribution in [0.2, 0.25) is 0 Å². The summed E-state index contributed by atoms with van der Waals surface area (Å²) in [5.41, 5.74) is 2.44. The fraction of sp³-hybridized carbons (Fsp3) is 0.375. The van der Waals surface area contributed by atoms with Crippen LogP contribution in [-0.2, 0) is 4.74 Å². The first-order valence-electron chi connectivity index (χ1n) is 6.97. The number of ether oxygens (including phenoxy) is 1. The number of morpholine rings is 1. The molecule has 1 aliphatic heterocycles. The highest BCUT2D eigenvalue weighted by Gasteiger charge is 2.26. The Kier molecular flexibility index (Phi) is 3.96. The molecule has 5 heteroatoms. The van der Waals surface area contributed by atoms with Crippen LogP contribution in [0.4, 0.5) is 5.69 Å². The molecule has 1 saturated heterocycles. The number of pyridine rings is 1. The van der Waals surface area contributed by atoms with E-state index in [1.54, 1.807) is 6.20 Å². The van der Waals surface area contributed by atoms with E-state index in [-0.39, 0.29) is 12.2 Å². The topological polar surface area (TPSA) is 49.2 Å². The number of rotatable bonds is 2. The number of alkyl halides is 1. The van der Waals surface area contributed by atoms with E-state index >= 15 is 0 Å². The number of nitriles is 1. The first-order chi connectivity index (χ1) is 10.2. The van der Waals surface area contributed by atoms with Gasteiger partial charge in [0.05, 0.1) is 29.2 Å².